The van der Waals surface area contributed by atoms with Gasteiger partial charge in [-0.2, -0.15) is 0 Å². The first kappa shape index (κ1) is 29.3. The number of aliphatic hydroxyl groups is 1. The highest BCUT2D eigenvalue weighted by atomic mass is 16.5. The van der Waals surface area contributed by atoms with Gasteiger partial charge in [-0.05, 0) is 57.4 Å². The molecule has 0 aliphatic carbocycles. The van der Waals surface area contributed by atoms with Crippen molar-refractivity contribution in [2.45, 2.75) is 77.3 Å². The van der Waals surface area contributed by atoms with E-state index in [-0.39, 0.29) is 36.3 Å². The van der Waals surface area contributed by atoms with Crippen LogP contribution in [0.2, 0.25) is 0 Å². The topological polar surface area (TPSA) is 99.6 Å². The van der Waals surface area contributed by atoms with Gasteiger partial charge in [-0.1, -0.05) is 45.1 Å². The third-order valence-corrected chi connectivity index (χ3v) is 9.31. The number of carbonyl (C=O) groups excluding carboxylic acids is 3. The molecule has 3 amide bonds. The average molecular weight is 566 g/mol. The normalized spacial score (nSPS) is 31.9. The molecule has 9 heteroatoms. The Hall–Kier alpha value is -3.17. The van der Waals surface area contributed by atoms with Crippen LogP contribution >= 0.6 is 0 Å². The van der Waals surface area contributed by atoms with E-state index in [1.165, 1.54) is 0 Å². The summed E-state index contributed by atoms with van der Waals surface area (Å²) in [6.07, 6.45) is 8.09. The zero-order valence-electron chi connectivity index (χ0n) is 24.9. The molecule has 1 aromatic carbocycles. The van der Waals surface area contributed by atoms with Crippen LogP contribution in [0.15, 0.2) is 48.6 Å². The van der Waals surface area contributed by atoms with Gasteiger partial charge in [-0.3, -0.25) is 14.4 Å². The standard InChI is InChI=1S/C32H43N3O6/c1-7-31-15-9-18-34(22-11-13-23(14-12-22)40-8-2)28(37)25(31)26-29(38)35(24(19-36)20(3)4)27-30(39)33(21(5)6)17-10-16-32(26,27)41-31/h9-16,20-21,24-27,36H,7-8,17-19H2,1-6H3/t24-,25+,26-,27?,31-,32-/m0/s1. The average Bonchev–Trinajstić information content (AvgIpc) is 3.22. The minimum absolute atomic E-state index is 0.103. The van der Waals surface area contributed by atoms with Gasteiger partial charge in [0.05, 0.1) is 36.7 Å². The second-order valence-electron chi connectivity index (χ2n) is 12.1. The van der Waals surface area contributed by atoms with E-state index in [0.717, 1.165) is 0 Å². The largest absolute Gasteiger partial charge is 0.494 e. The molecule has 1 unspecified atom stereocenters. The van der Waals surface area contributed by atoms with Gasteiger partial charge in [-0.15, -0.1) is 0 Å². The summed E-state index contributed by atoms with van der Waals surface area (Å²) in [4.78, 5) is 48.6. The van der Waals surface area contributed by atoms with Crippen molar-refractivity contribution in [3.63, 3.8) is 0 Å². The third kappa shape index (κ3) is 4.39. The van der Waals surface area contributed by atoms with Crippen LogP contribution in [0.5, 0.6) is 5.75 Å². The van der Waals surface area contributed by atoms with Crippen LogP contribution in [0, 0.1) is 17.8 Å². The van der Waals surface area contributed by atoms with E-state index in [9.17, 15) is 19.5 Å². The Kier molecular flexibility index (Phi) is 7.80. The molecule has 4 heterocycles. The third-order valence-electron chi connectivity index (χ3n) is 9.31. The smallest absolute Gasteiger partial charge is 0.249 e. The van der Waals surface area contributed by atoms with Crippen molar-refractivity contribution in [3.8, 4) is 5.75 Å². The molecule has 4 aliphatic rings. The van der Waals surface area contributed by atoms with Crippen molar-refractivity contribution >= 4 is 23.4 Å². The van der Waals surface area contributed by atoms with Crippen molar-refractivity contribution < 1.29 is 29.0 Å². The summed E-state index contributed by atoms with van der Waals surface area (Å²) in [5.41, 5.74) is -1.71. The minimum atomic E-state index is -1.34. The molecule has 2 saturated heterocycles. The Labute approximate surface area is 242 Å². The van der Waals surface area contributed by atoms with E-state index in [1.807, 2.05) is 90.1 Å². The summed E-state index contributed by atoms with van der Waals surface area (Å²) in [5.74, 6) is -1.93. The van der Waals surface area contributed by atoms with Gasteiger partial charge in [0, 0.05) is 24.8 Å². The number of aliphatic hydroxyl groups excluding tert-OH is 1. The number of hydrogen-bond acceptors (Lipinski definition) is 6. The van der Waals surface area contributed by atoms with E-state index in [0.29, 0.717) is 37.6 Å². The van der Waals surface area contributed by atoms with Crippen molar-refractivity contribution in [3.05, 3.63) is 48.6 Å². The molecule has 1 aromatic rings. The number of anilines is 1. The second-order valence-corrected chi connectivity index (χ2v) is 12.1. The number of likely N-dealkylation sites (tertiary alicyclic amines) is 1. The number of hydrogen-bond donors (Lipinski definition) is 1. The molecule has 2 fully saturated rings. The molecule has 6 atom stereocenters. The van der Waals surface area contributed by atoms with Gasteiger partial charge in [0.15, 0.2) is 0 Å². The SMILES string of the molecule is CCOc1ccc(N2CC=C[C@]3(CC)O[C@]45C=CCN(C(C)C)C(=O)C4N([C@@H](CO)C(C)C)C(=O)[C@@H]5[C@@H]3C2=O)cc1. The Balaban J connectivity index is 1.66. The molecule has 0 saturated carbocycles. The molecular weight excluding hydrogens is 522 g/mol. The summed E-state index contributed by atoms with van der Waals surface area (Å²) in [7, 11) is 0. The molecule has 9 nitrogen and oxygen atoms in total. The van der Waals surface area contributed by atoms with Crippen molar-refractivity contribution in [2.75, 3.05) is 31.2 Å². The number of rotatable bonds is 8. The molecule has 222 valence electrons. The lowest BCUT2D eigenvalue weighted by atomic mass is 9.73. The molecule has 0 radical (unpaired) electrons. The van der Waals surface area contributed by atoms with Crippen molar-refractivity contribution in [1.29, 1.82) is 0 Å². The highest BCUT2D eigenvalue weighted by molar-refractivity contribution is 6.04. The summed E-state index contributed by atoms with van der Waals surface area (Å²) in [6.45, 7) is 12.6. The summed E-state index contributed by atoms with van der Waals surface area (Å²) in [5, 5.41) is 10.5. The molecule has 41 heavy (non-hydrogen) atoms. The fraction of sp³-hybridized carbons (Fsp3) is 0.594. The van der Waals surface area contributed by atoms with Crippen LogP contribution < -0.4 is 9.64 Å². The van der Waals surface area contributed by atoms with Crippen LogP contribution in [0.25, 0.3) is 0 Å². The molecular formula is C32H43N3O6. The Bertz CT molecular complexity index is 1240. The second kappa shape index (κ2) is 10.9. The first-order chi connectivity index (χ1) is 19.6. The predicted molar refractivity (Wildman–Crippen MR) is 155 cm³/mol. The van der Waals surface area contributed by atoms with Crippen LogP contribution in [-0.2, 0) is 19.1 Å². The fourth-order valence-electron chi connectivity index (χ4n) is 7.28. The Morgan fingerprint density at radius 2 is 1.63 bits per heavy atom. The van der Waals surface area contributed by atoms with Gasteiger partial charge in [0.2, 0.25) is 17.7 Å². The lowest BCUT2D eigenvalue weighted by molar-refractivity contribution is -0.157. The highest BCUT2D eigenvalue weighted by Gasteiger charge is 2.76. The number of benzene rings is 1. The molecule has 1 spiro atoms. The van der Waals surface area contributed by atoms with Gasteiger partial charge in [-0.25, -0.2) is 0 Å². The number of fused-ring (bicyclic) bond motifs is 2. The van der Waals surface area contributed by atoms with Crippen LogP contribution in [0.4, 0.5) is 5.69 Å². The van der Waals surface area contributed by atoms with E-state index < -0.39 is 35.1 Å². The van der Waals surface area contributed by atoms with E-state index >= 15 is 0 Å². The molecule has 4 aliphatic heterocycles. The van der Waals surface area contributed by atoms with Gasteiger partial charge >= 0.3 is 0 Å². The number of amides is 3. The zero-order chi connectivity index (χ0) is 29.7. The van der Waals surface area contributed by atoms with Gasteiger partial charge in [0.25, 0.3) is 0 Å². The number of carbonyl (C=O) groups is 3. The quantitative estimate of drug-likeness (QED) is 0.486. The molecule has 5 rings (SSSR count). The lowest BCUT2D eigenvalue weighted by Gasteiger charge is -2.42. The van der Waals surface area contributed by atoms with Crippen LogP contribution in [0.1, 0.15) is 48.0 Å². The summed E-state index contributed by atoms with van der Waals surface area (Å²) >= 11 is 0. The minimum Gasteiger partial charge on any atom is -0.494 e. The van der Waals surface area contributed by atoms with Crippen LogP contribution in [0.3, 0.4) is 0 Å². The monoisotopic (exact) mass is 565 g/mol. The Morgan fingerprint density at radius 1 is 0.951 bits per heavy atom. The van der Waals surface area contributed by atoms with E-state index in [2.05, 4.69) is 0 Å². The maximum Gasteiger partial charge on any atom is 0.249 e. The zero-order valence-corrected chi connectivity index (χ0v) is 24.9. The maximum atomic E-state index is 14.6. The Morgan fingerprint density at radius 3 is 2.22 bits per heavy atom. The fourth-order valence-corrected chi connectivity index (χ4v) is 7.28. The highest BCUT2D eigenvalue weighted by Crippen LogP contribution is 2.59. The predicted octanol–water partition coefficient (Wildman–Crippen LogP) is 3.17. The van der Waals surface area contributed by atoms with Gasteiger partial charge < -0.3 is 29.3 Å². The first-order valence-corrected chi connectivity index (χ1v) is 14.9. The summed E-state index contributed by atoms with van der Waals surface area (Å²) in [6, 6.07) is 5.68. The molecule has 0 bridgehead atoms. The van der Waals surface area contributed by atoms with Crippen molar-refractivity contribution in [2.24, 2.45) is 17.8 Å². The summed E-state index contributed by atoms with van der Waals surface area (Å²) < 4.78 is 12.6. The van der Waals surface area contributed by atoms with Crippen molar-refractivity contribution in [1.82, 2.24) is 9.80 Å². The number of ether oxygens (including phenoxy) is 2. The molecule has 1 N–H and O–H groups in total. The maximum absolute atomic E-state index is 14.6. The first-order valence-electron chi connectivity index (χ1n) is 14.9. The molecule has 0 aromatic heterocycles. The van der Waals surface area contributed by atoms with Crippen LogP contribution in [-0.4, -0.2) is 88.3 Å². The lowest BCUT2D eigenvalue weighted by Crippen LogP contribution is -2.60. The van der Waals surface area contributed by atoms with Gasteiger partial charge in [0.1, 0.15) is 17.4 Å². The van der Waals surface area contributed by atoms with E-state index in [1.54, 1.807) is 14.7 Å². The van der Waals surface area contributed by atoms with E-state index in [4.69, 9.17) is 9.47 Å². The number of nitrogens with zero attached hydrogens (tertiary/aromatic N) is 3.